The Hall–Kier alpha value is -3.13. The van der Waals surface area contributed by atoms with Gasteiger partial charge in [-0.3, -0.25) is 4.79 Å². The second-order valence-corrected chi connectivity index (χ2v) is 7.29. The predicted molar refractivity (Wildman–Crippen MR) is 114 cm³/mol. The summed E-state index contributed by atoms with van der Waals surface area (Å²) in [5.74, 6) is -1.18. The lowest BCUT2D eigenvalue weighted by Gasteiger charge is -2.12. The minimum absolute atomic E-state index is 0.0730. The molecule has 0 saturated carbocycles. The van der Waals surface area contributed by atoms with Gasteiger partial charge >= 0.3 is 5.97 Å². The molecule has 1 aliphatic rings. The second kappa shape index (κ2) is 8.48. The van der Waals surface area contributed by atoms with E-state index in [0.29, 0.717) is 33.4 Å². The van der Waals surface area contributed by atoms with Crippen LogP contribution in [0.25, 0.3) is 6.08 Å². The quantitative estimate of drug-likeness (QED) is 0.622. The number of carbonyl (C=O) groups excluding carboxylic acids is 1. The highest BCUT2D eigenvalue weighted by Gasteiger charge is 2.31. The van der Waals surface area contributed by atoms with Crippen molar-refractivity contribution in [3.05, 3.63) is 57.6 Å². The fourth-order valence-electron chi connectivity index (χ4n) is 2.96. The molecule has 1 heterocycles. The van der Waals surface area contributed by atoms with Crippen LogP contribution in [0.1, 0.15) is 35.7 Å². The van der Waals surface area contributed by atoms with Gasteiger partial charge in [0.15, 0.2) is 11.5 Å². The zero-order chi connectivity index (χ0) is 21.1. The second-order valence-electron chi connectivity index (χ2n) is 6.37. The lowest BCUT2D eigenvalue weighted by molar-refractivity contribution is -0.114. The van der Waals surface area contributed by atoms with Crippen LogP contribution in [0.2, 0.25) is 0 Å². The van der Waals surface area contributed by atoms with Gasteiger partial charge in [0.2, 0.25) is 0 Å². The van der Waals surface area contributed by atoms with Crippen molar-refractivity contribution < 1.29 is 24.5 Å². The molecule has 1 amide bonds. The summed E-state index contributed by atoms with van der Waals surface area (Å²) in [4.78, 5) is 24.1. The van der Waals surface area contributed by atoms with Gasteiger partial charge in [-0.25, -0.2) is 4.79 Å². The first-order valence-corrected chi connectivity index (χ1v) is 9.68. The van der Waals surface area contributed by atoms with Crippen molar-refractivity contribution >= 4 is 45.3 Å². The standard InChI is InChI=1S/C21H19BrN2O5/c1-3-4-17-16(10-13-9-14(22)11-18(29-2)19(13)25)20(26)24(23-17)15-7-5-12(6-8-15)21(27)28/h5-11,25H,3-4H2,1-2H3,(H,27,28)/b16-10+. The maximum absolute atomic E-state index is 13.1. The number of hydrogen-bond donors (Lipinski definition) is 2. The Labute approximate surface area is 176 Å². The van der Waals surface area contributed by atoms with Crippen molar-refractivity contribution in [3.63, 3.8) is 0 Å². The number of aromatic carboxylic acids is 1. The minimum Gasteiger partial charge on any atom is -0.504 e. The van der Waals surface area contributed by atoms with Crippen LogP contribution in [-0.2, 0) is 4.79 Å². The first-order valence-electron chi connectivity index (χ1n) is 8.89. The molecule has 0 unspecified atom stereocenters. The fraction of sp³-hybridized carbons (Fsp3) is 0.190. The summed E-state index contributed by atoms with van der Waals surface area (Å²) in [5.41, 5.74) is 1.97. The average molecular weight is 459 g/mol. The summed E-state index contributed by atoms with van der Waals surface area (Å²) in [5, 5.41) is 25.2. The number of phenolic OH excluding ortho intramolecular Hbond substituents is 1. The molecule has 7 nitrogen and oxygen atoms in total. The molecule has 0 spiro atoms. The lowest BCUT2D eigenvalue weighted by Crippen LogP contribution is -2.21. The van der Waals surface area contributed by atoms with Crippen molar-refractivity contribution in [2.45, 2.75) is 19.8 Å². The maximum Gasteiger partial charge on any atom is 0.335 e. The zero-order valence-electron chi connectivity index (χ0n) is 15.8. The van der Waals surface area contributed by atoms with Gasteiger partial charge in [-0.1, -0.05) is 29.3 Å². The number of hydrazone groups is 1. The fourth-order valence-corrected chi connectivity index (χ4v) is 3.41. The van der Waals surface area contributed by atoms with Crippen molar-refractivity contribution in [1.29, 1.82) is 0 Å². The summed E-state index contributed by atoms with van der Waals surface area (Å²) < 4.78 is 5.86. The Balaban J connectivity index is 2.03. The predicted octanol–water partition coefficient (Wildman–Crippen LogP) is 4.45. The van der Waals surface area contributed by atoms with Gasteiger partial charge in [0.1, 0.15) is 0 Å². The molecule has 2 aromatic rings. The van der Waals surface area contributed by atoms with E-state index in [4.69, 9.17) is 9.84 Å². The highest BCUT2D eigenvalue weighted by molar-refractivity contribution is 9.10. The SMILES string of the molecule is CCCC1=NN(c2ccc(C(=O)O)cc2)C(=O)/C1=C/c1cc(Br)cc(OC)c1O. The number of rotatable bonds is 6. The number of carboxylic acid groups (broad SMARTS) is 1. The molecule has 29 heavy (non-hydrogen) atoms. The van der Waals surface area contributed by atoms with Gasteiger partial charge in [-0.05, 0) is 48.9 Å². The van der Waals surface area contributed by atoms with Crippen molar-refractivity contribution in [2.75, 3.05) is 12.1 Å². The average Bonchev–Trinajstić information content (AvgIpc) is 3.00. The summed E-state index contributed by atoms with van der Waals surface area (Å²) in [7, 11) is 1.45. The van der Waals surface area contributed by atoms with Crippen LogP contribution in [0.5, 0.6) is 11.5 Å². The van der Waals surface area contributed by atoms with E-state index in [1.807, 2.05) is 6.92 Å². The third kappa shape index (κ3) is 4.17. The molecule has 8 heteroatoms. The smallest absolute Gasteiger partial charge is 0.335 e. The molecule has 0 bridgehead atoms. The molecular formula is C21H19BrN2O5. The highest BCUT2D eigenvalue weighted by Crippen LogP contribution is 2.36. The Morgan fingerprint density at radius 3 is 2.55 bits per heavy atom. The summed E-state index contributed by atoms with van der Waals surface area (Å²) in [6, 6.07) is 9.24. The minimum atomic E-state index is -1.04. The first kappa shape index (κ1) is 20.6. The van der Waals surface area contributed by atoms with E-state index >= 15 is 0 Å². The Kier molecular flexibility index (Phi) is 6.03. The Morgan fingerprint density at radius 1 is 1.28 bits per heavy atom. The Bertz CT molecular complexity index is 1030. The van der Waals surface area contributed by atoms with Crippen LogP contribution in [0.4, 0.5) is 5.69 Å². The monoisotopic (exact) mass is 458 g/mol. The largest absolute Gasteiger partial charge is 0.504 e. The number of methoxy groups -OCH3 is 1. The highest BCUT2D eigenvalue weighted by atomic mass is 79.9. The molecule has 0 aliphatic carbocycles. The summed E-state index contributed by atoms with van der Waals surface area (Å²) in [6.07, 6.45) is 2.95. The van der Waals surface area contributed by atoms with Gasteiger partial charge in [0, 0.05) is 10.0 Å². The molecule has 2 N–H and O–H groups in total. The maximum atomic E-state index is 13.1. The molecule has 0 aromatic heterocycles. The number of aromatic hydroxyl groups is 1. The molecule has 2 aromatic carbocycles. The Morgan fingerprint density at radius 2 is 1.97 bits per heavy atom. The third-order valence-corrected chi connectivity index (χ3v) is 4.85. The summed E-state index contributed by atoms with van der Waals surface area (Å²) >= 11 is 3.37. The lowest BCUT2D eigenvalue weighted by atomic mass is 10.0. The number of benzene rings is 2. The van der Waals surface area contributed by atoms with Gasteiger partial charge in [0.05, 0.1) is 29.6 Å². The molecule has 3 rings (SSSR count). The number of hydrogen-bond acceptors (Lipinski definition) is 5. The first-order chi connectivity index (χ1) is 13.8. The molecule has 0 fully saturated rings. The van der Waals surface area contributed by atoms with Crippen molar-refractivity contribution in [2.24, 2.45) is 5.10 Å². The molecule has 0 saturated heterocycles. The van der Waals surface area contributed by atoms with Crippen molar-refractivity contribution in [1.82, 2.24) is 0 Å². The third-order valence-electron chi connectivity index (χ3n) is 4.39. The van der Waals surface area contributed by atoms with E-state index in [-0.39, 0.29) is 23.0 Å². The van der Waals surface area contributed by atoms with E-state index in [2.05, 4.69) is 21.0 Å². The van der Waals surface area contributed by atoms with Gasteiger partial charge < -0.3 is 14.9 Å². The van der Waals surface area contributed by atoms with Crippen LogP contribution in [0.3, 0.4) is 0 Å². The number of halogens is 1. The van der Waals surface area contributed by atoms with E-state index in [0.717, 1.165) is 6.42 Å². The van der Waals surface area contributed by atoms with Crippen LogP contribution in [0, 0.1) is 0 Å². The molecule has 0 atom stereocenters. The number of nitrogens with zero attached hydrogens (tertiary/aromatic N) is 2. The topological polar surface area (TPSA) is 99.4 Å². The zero-order valence-corrected chi connectivity index (χ0v) is 17.4. The number of ether oxygens (including phenoxy) is 1. The van der Waals surface area contributed by atoms with E-state index in [1.54, 1.807) is 18.2 Å². The van der Waals surface area contributed by atoms with Crippen LogP contribution >= 0.6 is 15.9 Å². The number of carboxylic acids is 1. The van der Waals surface area contributed by atoms with E-state index in [9.17, 15) is 14.7 Å². The number of carbonyl (C=O) groups is 2. The van der Waals surface area contributed by atoms with Gasteiger partial charge in [-0.15, -0.1) is 0 Å². The molecule has 1 aliphatic heterocycles. The summed E-state index contributed by atoms with van der Waals surface area (Å²) in [6.45, 7) is 1.98. The number of amides is 1. The van der Waals surface area contributed by atoms with Gasteiger partial charge in [-0.2, -0.15) is 10.1 Å². The van der Waals surface area contributed by atoms with Crippen molar-refractivity contribution in [3.8, 4) is 11.5 Å². The number of phenols is 1. The normalized spacial score (nSPS) is 15.0. The van der Waals surface area contributed by atoms with Crippen LogP contribution < -0.4 is 9.75 Å². The van der Waals surface area contributed by atoms with E-state index < -0.39 is 5.97 Å². The molecular weight excluding hydrogens is 440 g/mol. The van der Waals surface area contributed by atoms with Gasteiger partial charge in [0.25, 0.3) is 5.91 Å². The molecule has 0 radical (unpaired) electrons. The van der Waals surface area contributed by atoms with E-state index in [1.165, 1.54) is 36.4 Å². The molecule has 150 valence electrons. The number of anilines is 1. The van der Waals surface area contributed by atoms with Crippen LogP contribution in [0.15, 0.2) is 51.5 Å². The van der Waals surface area contributed by atoms with Crippen LogP contribution in [-0.4, -0.2) is 34.9 Å².